The van der Waals surface area contributed by atoms with Crippen LogP contribution in [-0.2, 0) is 16.1 Å². The van der Waals surface area contributed by atoms with Gasteiger partial charge >= 0.3 is 5.97 Å². The highest BCUT2D eigenvalue weighted by Gasteiger charge is 2.36. The smallest absolute Gasteiger partial charge is 0.310 e. The van der Waals surface area contributed by atoms with Crippen LogP contribution in [0.3, 0.4) is 0 Å². The summed E-state index contributed by atoms with van der Waals surface area (Å²) in [4.78, 5) is 18.3. The first-order valence-corrected chi connectivity index (χ1v) is 8.74. The Morgan fingerprint density at radius 2 is 2.12 bits per heavy atom. The van der Waals surface area contributed by atoms with Gasteiger partial charge < -0.3 is 15.0 Å². The number of benzene rings is 1. The van der Waals surface area contributed by atoms with Crippen LogP contribution < -0.4 is 5.32 Å². The average molecular weight is 355 g/mol. The third-order valence-electron chi connectivity index (χ3n) is 4.74. The van der Waals surface area contributed by atoms with Gasteiger partial charge in [0.15, 0.2) is 5.96 Å². The van der Waals surface area contributed by atoms with E-state index >= 15 is 0 Å². The SMILES string of the molecule is CN=C(NCc1cnn(-c2ccccc2)c1)N1CC(C)C(C(=O)OC)C1. The Bertz CT molecular complexity index is 771. The monoisotopic (exact) mass is 355 g/mol. The minimum Gasteiger partial charge on any atom is -0.469 e. The number of esters is 1. The number of guanidine groups is 1. The molecule has 1 aromatic heterocycles. The van der Waals surface area contributed by atoms with E-state index < -0.39 is 0 Å². The van der Waals surface area contributed by atoms with Crippen LogP contribution in [0, 0.1) is 11.8 Å². The molecule has 7 heteroatoms. The molecule has 2 atom stereocenters. The van der Waals surface area contributed by atoms with Crippen molar-refractivity contribution in [2.75, 3.05) is 27.2 Å². The van der Waals surface area contributed by atoms with Crippen molar-refractivity contribution in [2.45, 2.75) is 13.5 Å². The van der Waals surface area contributed by atoms with Crippen LogP contribution in [-0.4, -0.2) is 53.9 Å². The first-order valence-electron chi connectivity index (χ1n) is 8.74. The quantitative estimate of drug-likeness (QED) is 0.513. The molecule has 3 rings (SSSR count). The predicted octanol–water partition coefficient (Wildman–Crippen LogP) is 1.69. The van der Waals surface area contributed by atoms with Gasteiger partial charge in [-0.05, 0) is 18.1 Å². The zero-order valence-corrected chi connectivity index (χ0v) is 15.4. The highest BCUT2D eigenvalue weighted by Crippen LogP contribution is 2.24. The lowest BCUT2D eigenvalue weighted by molar-refractivity contribution is -0.145. The summed E-state index contributed by atoms with van der Waals surface area (Å²) >= 11 is 0. The van der Waals surface area contributed by atoms with E-state index in [1.165, 1.54) is 7.11 Å². The number of nitrogens with zero attached hydrogens (tertiary/aromatic N) is 4. The molecular formula is C19H25N5O2. The number of aromatic nitrogens is 2. The van der Waals surface area contributed by atoms with Crippen molar-refractivity contribution < 1.29 is 9.53 Å². The van der Waals surface area contributed by atoms with Crippen LogP contribution in [0.15, 0.2) is 47.7 Å². The zero-order valence-electron chi connectivity index (χ0n) is 15.4. The number of nitrogens with one attached hydrogen (secondary N) is 1. The van der Waals surface area contributed by atoms with Gasteiger partial charge in [-0.1, -0.05) is 25.1 Å². The summed E-state index contributed by atoms with van der Waals surface area (Å²) in [5.41, 5.74) is 2.09. The van der Waals surface area contributed by atoms with Gasteiger partial charge in [-0.25, -0.2) is 4.68 Å². The molecule has 0 bridgehead atoms. The predicted molar refractivity (Wildman–Crippen MR) is 100 cm³/mol. The molecule has 1 aliphatic heterocycles. The molecule has 1 fully saturated rings. The molecule has 1 N–H and O–H groups in total. The van der Waals surface area contributed by atoms with Crippen molar-refractivity contribution in [3.05, 3.63) is 48.3 Å². The van der Waals surface area contributed by atoms with Gasteiger partial charge in [0.25, 0.3) is 0 Å². The minimum atomic E-state index is -0.153. The largest absolute Gasteiger partial charge is 0.469 e. The molecule has 1 aromatic carbocycles. The first kappa shape index (κ1) is 18.0. The lowest BCUT2D eigenvalue weighted by Gasteiger charge is -2.21. The van der Waals surface area contributed by atoms with Crippen molar-refractivity contribution in [3.8, 4) is 5.69 Å². The Labute approximate surface area is 153 Å². The van der Waals surface area contributed by atoms with Gasteiger partial charge in [0, 0.05) is 38.4 Å². The maximum Gasteiger partial charge on any atom is 0.310 e. The molecule has 2 aromatic rings. The van der Waals surface area contributed by atoms with E-state index in [2.05, 4.69) is 27.2 Å². The second kappa shape index (κ2) is 8.03. The van der Waals surface area contributed by atoms with Gasteiger partial charge in [0.2, 0.25) is 0 Å². The highest BCUT2D eigenvalue weighted by molar-refractivity contribution is 5.82. The molecule has 0 radical (unpaired) electrons. The number of ether oxygens (including phenoxy) is 1. The number of carbonyl (C=O) groups is 1. The second-order valence-electron chi connectivity index (χ2n) is 6.54. The van der Waals surface area contributed by atoms with Gasteiger partial charge in [-0.2, -0.15) is 5.10 Å². The van der Waals surface area contributed by atoms with Crippen LogP contribution in [0.2, 0.25) is 0 Å². The van der Waals surface area contributed by atoms with E-state index in [1.54, 1.807) is 7.05 Å². The van der Waals surface area contributed by atoms with Crippen molar-refractivity contribution >= 4 is 11.9 Å². The Hall–Kier alpha value is -2.83. The third kappa shape index (κ3) is 3.87. The normalized spacial score (nSPS) is 20.3. The molecule has 0 amide bonds. The standard InChI is InChI=1S/C19H25N5O2/c1-14-11-23(13-17(14)18(25)26-3)19(20-2)21-9-15-10-22-24(12-15)16-7-5-4-6-8-16/h4-8,10,12,14,17H,9,11,13H2,1-3H3,(H,20,21). The fourth-order valence-corrected chi connectivity index (χ4v) is 3.28. The topological polar surface area (TPSA) is 71.8 Å². The number of hydrogen-bond donors (Lipinski definition) is 1. The molecule has 7 nitrogen and oxygen atoms in total. The zero-order chi connectivity index (χ0) is 18.5. The highest BCUT2D eigenvalue weighted by atomic mass is 16.5. The lowest BCUT2D eigenvalue weighted by Crippen LogP contribution is -2.40. The Morgan fingerprint density at radius 1 is 1.35 bits per heavy atom. The number of hydrogen-bond acceptors (Lipinski definition) is 4. The summed E-state index contributed by atoms with van der Waals surface area (Å²) in [5.74, 6) is 0.761. The molecule has 138 valence electrons. The van der Waals surface area contributed by atoms with E-state index in [0.29, 0.717) is 13.1 Å². The Balaban J connectivity index is 1.60. The van der Waals surface area contributed by atoms with Crippen LogP contribution in [0.1, 0.15) is 12.5 Å². The van der Waals surface area contributed by atoms with E-state index in [1.807, 2.05) is 47.4 Å². The summed E-state index contributed by atoms with van der Waals surface area (Å²) in [6.07, 6.45) is 3.84. The Morgan fingerprint density at radius 3 is 2.81 bits per heavy atom. The third-order valence-corrected chi connectivity index (χ3v) is 4.74. The maximum atomic E-state index is 11.9. The van der Waals surface area contributed by atoms with E-state index in [4.69, 9.17) is 4.74 Å². The fraction of sp³-hybridized carbons (Fsp3) is 0.421. The summed E-state index contributed by atoms with van der Waals surface area (Å²) in [5, 5.41) is 7.77. The van der Waals surface area contributed by atoms with Crippen LogP contribution in [0.4, 0.5) is 0 Å². The van der Waals surface area contributed by atoms with Crippen molar-refractivity contribution in [2.24, 2.45) is 16.8 Å². The van der Waals surface area contributed by atoms with Crippen LogP contribution in [0.5, 0.6) is 0 Å². The number of likely N-dealkylation sites (tertiary alicyclic amines) is 1. The Kier molecular flexibility index (Phi) is 5.55. The molecule has 2 heterocycles. The first-order chi connectivity index (χ1) is 12.6. The average Bonchev–Trinajstić information content (AvgIpc) is 3.29. The van der Waals surface area contributed by atoms with Crippen LogP contribution >= 0.6 is 0 Å². The number of para-hydroxylation sites is 1. The summed E-state index contributed by atoms with van der Waals surface area (Å²) in [7, 11) is 3.20. The second-order valence-corrected chi connectivity index (χ2v) is 6.54. The summed E-state index contributed by atoms with van der Waals surface area (Å²) in [6.45, 7) is 4.09. The van der Waals surface area contributed by atoms with Crippen molar-refractivity contribution in [3.63, 3.8) is 0 Å². The molecule has 26 heavy (non-hydrogen) atoms. The van der Waals surface area contributed by atoms with E-state index in [-0.39, 0.29) is 17.8 Å². The fourth-order valence-electron chi connectivity index (χ4n) is 3.28. The van der Waals surface area contributed by atoms with Gasteiger partial charge in [-0.15, -0.1) is 0 Å². The molecule has 0 saturated carbocycles. The molecule has 1 aliphatic rings. The number of methoxy groups -OCH3 is 1. The van der Waals surface area contributed by atoms with E-state index in [0.717, 1.165) is 23.8 Å². The molecule has 0 aliphatic carbocycles. The molecule has 0 spiro atoms. The van der Waals surface area contributed by atoms with E-state index in [9.17, 15) is 4.79 Å². The number of rotatable bonds is 4. The van der Waals surface area contributed by atoms with Crippen molar-refractivity contribution in [1.29, 1.82) is 0 Å². The number of carbonyl (C=O) groups excluding carboxylic acids is 1. The minimum absolute atomic E-state index is 0.112. The lowest BCUT2D eigenvalue weighted by atomic mass is 9.99. The van der Waals surface area contributed by atoms with Crippen molar-refractivity contribution in [1.82, 2.24) is 20.0 Å². The number of aliphatic imine (C=N–C) groups is 1. The molecule has 2 unspecified atom stereocenters. The summed E-state index contributed by atoms with van der Waals surface area (Å²) < 4.78 is 6.76. The van der Waals surface area contributed by atoms with Gasteiger partial charge in [0.05, 0.1) is 24.9 Å². The maximum absolute atomic E-state index is 11.9. The summed E-state index contributed by atoms with van der Waals surface area (Å²) in [6, 6.07) is 9.99. The molecule has 1 saturated heterocycles. The molecular weight excluding hydrogens is 330 g/mol. The van der Waals surface area contributed by atoms with Gasteiger partial charge in [-0.3, -0.25) is 9.79 Å². The van der Waals surface area contributed by atoms with Crippen LogP contribution in [0.25, 0.3) is 5.69 Å². The van der Waals surface area contributed by atoms with Gasteiger partial charge in [0.1, 0.15) is 0 Å².